The molecule has 0 aromatic heterocycles. The Balaban J connectivity index is 2.66. The van der Waals surface area contributed by atoms with Crippen LogP contribution in [0, 0.1) is 0 Å². The summed E-state index contributed by atoms with van der Waals surface area (Å²) in [5.74, 6) is 0.801. The summed E-state index contributed by atoms with van der Waals surface area (Å²) in [7, 11) is 1.70. The van der Waals surface area contributed by atoms with Gasteiger partial charge in [-0.3, -0.25) is 0 Å². The molecule has 0 heterocycles. The third-order valence-corrected chi connectivity index (χ3v) is 3.16. The van der Waals surface area contributed by atoms with Crippen LogP contribution < -0.4 is 10.1 Å². The molecule has 0 aliphatic carbocycles. The van der Waals surface area contributed by atoms with Crippen LogP contribution in [0.4, 0.5) is 0 Å². The molecule has 0 spiro atoms. The monoisotopic (exact) mass is 285 g/mol. The van der Waals surface area contributed by atoms with Gasteiger partial charge in [-0.2, -0.15) is 0 Å². The number of hydrogen-bond donors (Lipinski definition) is 1. The Morgan fingerprint density at radius 1 is 1.37 bits per heavy atom. The first kappa shape index (κ1) is 16.3. The van der Waals surface area contributed by atoms with Crippen molar-refractivity contribution in [2.75, 3.05) is 20.3 Å². The maximum absolute atomic E-state index is 6.24. The van der Waals surface area contributed by atoms with Crippen LogP contribution in [0.5, 0.6) is 5.75 Å². The van der Waals surface area contributed by atoms with Gasteiger partial charge in [0.2, 0.25) is 0 Å². The highest BCUT2D eigenvalue weighted by Crippen LogP contribution is 2.30. The molecule has 0 saturated heterocycles. The standard InChI is InChI=1S/C15H24ClNO2/c1-4-6-12(2)19-15-13(7-5-8-14(15)16)11-17-9-10-18-3/h5,7-8,12,17H,4,6,9-11H2,1-3H3. The van der Waals surface area contributed by atoms with Crippen LogP contribution in [0.3, 0.4) is 0 Å². The van der Waals surface area contributed by atoms with E-state index in [1.54, 1.807) is 7.11 Å². The van der Waals surface area contributed by atoms with E-state index in [0.717, 1.165) is 37.2 Å². The summed E-state index contributed by atoms with van der Waals surface area (Å²) in [5, 5.41) is 3.99. The van der Waals surface area contributed by atoms with E-state index in [4.69, 9.17) is 21.1 Å². The molecule has 0 radical (unpaired) electrons. The number of hydrogen-bond acceptors (Lipinski definition) is 3. The van der Waals surface area contributed by atoms with Gasteiger partial charge < -0.3 is 14.8 Å². The van der Waals surface area contributed by atoms with Crippen LogP contribution in [0.2, 0.25) is 5.02 Å². The molecule has 0 saturated carbocycles. The number of methoxy groups -OCH3 is 1. The molecule has 3 nitrogen and oxygen atoms in total. The number of nitrogens with one attached hydrogen (secondary N) is 1. The highest BCUT2D eigenvalue weighted by atomic mass is 35.5. The zero-order valence-corrected chi connectivity index (χ0v) is 12.8. The molecule has 0 aliphatic heterocycles. The topological polar surface area (TPSA) is 30.5 Å². The Kier molecular flexibility index (Phi) is 7.87. The van der Waals surface area contributed by atoms with Crippen molar-refractivity contribution < 1.29 is 9.47 Å². The number of halogens is 1. The lowest BCUT2D eigenvalue weighted by Gasteiger charge is -2.18. The van der Waals surface area contributed by atoms with E-state index < -0.39 is 0 Å². The van der Waals surface area contributed by atoms with Gasteiger partial charge in [0.25, 0.3) is 0 Å². The van der Waals surface area contributed by atoms with Gasteiger partial charge in [0, 0.05) is 25.8 Å². The summed E-state index contributed by atoms with van der Waals surface area (Å²) in [6, 6.07) is 5.86. The largest absolute Gasteiger partial charge is 0.489 e. The Hall–Kier alpha value is -0.770. The Labute approximate surface area is 121 Å². The molecule has 1 aromatic rings. The number of ether oxygens (including phenoxy) is 2. The summed E-state index contributed by atoms with van der Waals surface area (Å²) >= 11 is 6.24. The number of rotatable bonds is 9. The molecule has 0 amide bonds. The van der Waals surface area contributed by atoms with Gasteiger partial charge in [-0.25, -0.2) is 0 Å². The summed E-state index contributed by atoms with van der Waals surface area (Å²) in [5.41, 5.74) is 1.09. The lowest BCUT2D eigenvalue weighted by Crippen LogP contribution is -2.20. The first-order chi connectivity index (χ1) is 9.19. The second-order valence-electron chi connectivity index (χ2n) is 4.61. The minimum atomic E-state index is 0.183. The van der Waals surface area contributed by atoms with Crippen molar-refractivity contribution in [1.82, 2.24) is 5.32 Å². The lowest BCUT2D eigenvalue weighted by molar-refractivity contribution is 0.197. The van der Waals surface area contributed by atoms with Gasteiger partial charge >= 0.3 is 0 Å². The molecular formula is C15H24ClNO2. The van der Waals surface area contributed by atoms with Crippen molar-refractivity contribution in [3.05, 3.63) is 28.8 Å². The van der Waals surface area contributed by atoms with Gasteiger partial charge in [-0.05, 0) is 19.4 Å². The summed E-state index contributed by atoms with van der Waals surface area (Å²) < 4.78 is 11.0. The fraction of sp³-hybridized carbons (Fsp3) is 0.600. The molecule has 0 bridgehead atoms. The predicted octanol–water partition coefficient (Wildman–Crippen LogP) is 3.64. The van der Waals surface area contributed by atoms with Gasteiger partial charge in [0.05, 0.1) is 17.7 Å². The van der Waals surface area contributed by atoms with Crippen LogP contribution in [-0.4, -0.2) is 26.4 Å². The molecule has 0 fully saturated rings. The van der Waals surface area contributed by atoms with Crippen molar-refractivity contribution in [2.45, 2.75) is 39.3 Å². The predicted molar refractivity (Wildman–Crippen MR) is 80.0 cm³/mol. The zero-order chi connectivity index (χ0) is 14.1. The van der Waals surface area contributed by atoms with Crippen LogP contribution in [-0.2, 0) is 11.3 Å². The van der Waals surface area contributed by atoms with Gasteiger partial charge in [-0.15, -0.1) is 0 Å². The first-order valence-electron chi connectivity index (χ1n) is 6.82. The Bertz CT molecular complexity index is 371. The molecule has 0 aliphatic rings. The highest BCUT2D eigenvalue weighted by molar-refractivity contribution is 6.32. The van der Waals surface area contributed by atoms with Crippen LogP contribution in [0.15, 0.2) is 18.2 Å². The SMILES string of the molecule is CCCC(C)Oc1c(Cl)cccc1CNCCOC. The van der Waals surface area contributed by atoms with E-state index in [1.807, 2.05) is 18.2 Å². The maximum Gasteiger partial charge on any atom is 0.142 e. The van der Waals surface area contributed by atoms with E-state index in [0.29, 0.717) is 11.6 Å². The Morgan fingerprint density at radius 2 is 2.16 bits per heavy atom. The smallest absolute Gasteiger partial charge is 0.142 e. The summed E-state index contributed by atoms with van der Waals surface area (Å²) in [4.78, 5) is 0. The fourth-order valence-electron chi connectivity index (χ4n) is 1.89. The van der Waals surface area contributed by atoms with Gasteiger partial charge in [-0.1, -0.05) is 37.1 Å². The van der Waals surface area contributed by atoms with E-state index in [1.165, 1.54) is 0 Å². The fourth-order valence-corrected chi connectivity index (χ4v) is 2.13. The molecule has 1 N–H and O–H groups in total. The maximum atomic E-state index is 6.24. The van der Waals surface area contributed by atoms with E-state index in [-0.39, 0.29) is 6.10 Å². The molecule has 1 unspecified atom stereocenters. The van der Waals surface area contributed by atoms with Crippen molar-refractivity contribution in [2.24, 2.45) is 0 Å². The average molecular weight is 286 g/mol. The molecule has 1 atom stereocenters. The molecule has 19 heavy (non-hydrogen) atoms. The van der Waals surface area contributed by atoms with Gasteiger partial charge in [0.1, 0.15) is 5.75 Å². The Morgan fingerprint density at radius 3 is 2.84 bits per heavy atom. The van der Waals surface area contributed by atoms with E-state index in [2.05, 4.69) is 19.2 Å². The van der Waals surface area contributed by atoms with Crippen molar-refractivity contribution >= 4 is 11.6 Å². The second kappa shape index (κ2) is 9.18. The van der Waals surface area contributed by atoms with Crippen molar-refractivity contribution in [3.8, 4) is 5.75 Å². The minimum absolute atomic E-state index is 0.183. The average Bonchev–Trinajstić information content (AvgIpc) is 2.38. The second-order valence-corrected chi connectivity index (χ2v) is 5.02. The molecule has 1 aromatic carbocycles. The lowest BCUT2D eigenvalue weighted by atomic mass is 10.2. The van der Waals surface area contributed by atoms with Crippen LogP contribution in [0.1, 0.15) is 32.3 Å². The summed E-state index contributed by atoms with van der Waals surface area (Å²) in [6.45, 7) is 6.47. The van der Waals surface area contributed by atoms with Crippen molar-refractivity contribution in [3.63, 3.8) is 0 Å². The third kappa shape index (κ3) is 5.81. The first-order valence-corrected chi connectivity index (χ1v) is 7.20. The molecule has 108 valence electrons. The third-order valence-electron chi connectivity index (χ3n) is 2.86. The van der Waals surface area contributed by atoms with E-state index in [9.17, 15) is 0 Å². The molecular weight excluding hydrogens is 262 g/mol. The highest BCUT2D eigenvalue weighted by Gasteiger charge is 2.11. The quantitative estimate of drug-likeness (QED) is 0.703. The normalized spacial score (nSPS) is 12.4. The molecule has 1 rings (SSSR count). The van der Waals surface area contributed by atoms with E-state index >= 15 is 0 Å². The number of para-hydroxylation sites is 1. The molecule has 4 heteroatoms. The van der Waals surface area contributed by atoms with Crippen LogP contribution >= 0.6 is 11.6 Å². The van der Waals surface area contributed by atoms with Gasteiger partial charge in [0.15, 0.2) is 0 Å². The van der Waals surface area contributed by atoms with Crippen molar-refractivity contribution in [1.29, 1.82) is 0 Å². The zero-order valence-electron chi connectivity index (χ0n) is 12.0. The van der Waals surface area contributed by atoms with Crippen LogP contribution in [0.25, 0.3) is 0 Å². The number of benzene rings is 1. The minimum Gasteiger partial charge on any atom is -0.489 e. The summed E-state index contributed by atoms with van der Waals surface area (Å²) in [6.07, 6.45) is 2.32.